The summed E-state index contributed by atoms with van der Waals surface area (Å²) in [6, 6.07) is 0. The Kier molecular flexibility index (Phi) is 4.47. The van der Waals surface area contributed by atoms with E-state index in [1.807, 2.05) is 0 Å². The fourth-order valence-electron chi connectivity index (χ4n) is 4.26. The molecule has 2 atom stereocenters. The van der Waals surface area contributed by atoms with E-state index in [0.717, 1.165) is 19.3 Å². The van der Waals surface area contributed by atoms with Crippen LogP contribution in [0.15, 0.2) is 0 Å². The Bertz CT molecular complexity index is 291. The van der Waals surface area contributed by atoms with E-state index < -0.39 is 0 Å². The number of nitrogens with zero attached hydrogens (tertiary/aromatic N) is 1. The van der Waals surface area contributed by atoms with Crippen molar-refractivity contribution in [3.63, 3.8) is 0 Å². The van der Waals surface area contributed by atoms with Gasteiger partial charge in [0.1, 0.15) is 0 Å². The average molecular weight is 251 g/mol. The summed E-state index contributed by atoms with van der Waals surface area (Å²) in [6.45, 7) is 2.26. The van der Waals surface area contributed by atoms with Crippen molar-refractivity contribution in [1.29, 1.82) is 0 Å². The minimum absolute atomic E-state index is 0.116. The average Bonchev–Trinajstić information content (AvgIpc) is 2.88. The molecule has 0 spiro atoms. The molecule has 2 nitrogen and oxygen atoms in total. The van der Waals surface area contributed by atoms with Crippen LogP contribution >= 0.6 is 0 Å². The van der Waals surface area contributed by atoms with Crippen LogP contribution in [-0.2, 0) is 4.79 Å². The Morgan fingerprint density at radius 2 is 1.72 bits per heavy atom. The molecule has 0 radical (unpaired) electrons. The predicted molar refractivity (Wildman–Crippen MR) is 75.6 cm³/mol. The summed E-state index contributed by atoms with van der Waals surface area (Å²) >= 11 is 0. The highest BCUT2D eigenvalue weighted by Gasteiger charge is 2.47. The highest BCUT2D eigenvalue weighted by atomic mass is 16.1. The molecule has 2 heteroatoms. The molecule has 18 heavy (non-hydrogen) atoms. The maximum Gasteiger partial charge on any atom is 0.156 e. The van der Waals surface area contributed by atoms with E-state index >= 15 is 0 Å². The van der Waals surface area contributed by atoms with Gasteiger partial charge in [0.25, 0.3) is 0 Å². The number of hydrogen-bond donors (Lipinski definition) is 0. The summed E-state index contributed by atoms with van der Waals surface area (Å²) in [5.41, 5.74) is -0.116. The third-order valence-corrected chi connectivity index (χ3v) is 5.52. The van der Waals surface area contributed by atoms with Crippen LogP contribution in [0.25, 0.3) is 0 Å². The first kappa shape index (κ1) is 14.0. The van der Waals surface area contributed by atoms with Crippen molar-refractivity contribution in [2.75, 3.05) is 14.1 Å². The smallest absolute Gasteiger partial charge is 0.156 e. The Morgan fingerprint density at radius 1 is 1.11 bits per heavy atom. The van der Waals surface area contributed by atoms with Crippen LogP contribution in [0.4, 0.5) is 0 Å². The Balaban J connectivity index is 2.17. The van der Waals surface area contributed by atoms with Gasteiger partial charge >= 0.3 is 0 Å². The van der Waals surface area contributed by atoms with Gasteiger partial charge in [-0.1, -0.05) is 39.0 Å². The Morgan fingerprint density at radius 3 is 2.28 bits per heavy atom. The highest BCUT2D eigenvalue weighted by molar-refractivity contribution is 5.91. The molecule has 2 aliphatic carbocycles. The number of carbonyl (C=O) groups excluding carboxylic acids is 1. The van der Waals surface area contributed by atoms with Gasteiger partial charge < -0.3 is 0 Å². The quantitative estimate of drug-likeness (QED) is 0.760. The van der Waals surface area contributed by atoms with Crippen LogP contribution in [0.2, 0.25) is 0 Å². The van der Waals surface area contributed by atoms with Gasteiger partial charge in [-0.15, -0.1) is 0 Å². The fourth-order valence-corrected chi connectivity index (χ4v) is 4.26. The maximum atomic E-state index is 13.1. The topological polar surface area (TPSA) is 20.3 Å². The number of ketones is 1. The SMILES string of the molecule is CCC1CCCCC1C(=O)C1(N(C)C)CCCC1. The van der Waals surface area contributed by atoms with Gasteiger partial charge in [-0.05, 0) is 45.7 Å². The molecule has 2 fully saturated rings. The normalized spacial score (nSPS) is 31.8. The molecule has 0 aromatic carbocycles. The summed E-state index contributed by atoms with van der Waals surface area (Å²) < 4.78 is 0. The van der Waals surface area contributed by atoms with Crippen molar-refractivity contribution in [2.24, 2.45) is 11.8 Å². The van der Waals surface area contributed by atoms with Crippen LogP contribution in [0.3, 0.4) is 0 Å². The molecule has 0 aromatic heterocycles. The molecule has 104 valence electrons. The molecule has 2 aliphatic rings. The van der Waals surface area contributed by atoms with E-state index in [-0.39, 0.29) is 5.54 Å². The van der Waals surface area contributed by atoms with E-state index in [0.29, 0.717) is 17.6 Å². The zero-order chi connectivity index (χ0) is 13.2. The van der Waals surface area contributed by atoms with Gasteiger partial charge in [0.2, 0.25) is 0 Å². The second kappa shape index (κ2) is 5.73. The van der Waals surface area contributed by atoms with Crippen molar-refractivity contribution in [3.05, 3.63) is 0 Å². The van der Waals surface area contributed by atoms with E-state index in [4.69, 9.17) is 0 Å². The molecule has 0 bridgehead atoms. The van der Waals surface area contributed by atoms with Crippen LogP contribution in [0.5, 0.6) is 0 Å². The number of hydrogen-bond acceptors (Lipinski definition) is 2. The summed E-state index contributed by atoms with van der Waals surface area (Å²) in [5, 5.41) is 0. The summed E-state index contributed by atoms with van der Waals surface area (Å²) in [4.78, 5) is 15.3. The zero-order valence-corrected chi connectivity index (χ0v) is 12.4. The highest BCUT2D eigenvalue weighted by Crippen LogP contribution is 2.42. The molecule has 2 rings (SSSR count). The van der Waals surface area contributed by atoms with E-state index in [1.54, 1.807) is 0 Å². The first-order valence-corrected chi connectivity index (χ1v) is 7.83. The van der Waals surface area contributed by atoms with Gasteiger partial charge in [-0.2, -0.15) is 0 Å². The van der Waals surface area contributed by atoms with Gasteiger partial charge in [0.05, 0.1) is 5.54 Å². The minimum Gasteiger partial charge on any atom is -0.297 e. The molecule has 0 saturated heterocycles. The number of carbonyl (C=O) groups is 1. The maximum absolute atomic E-state index is 13.1. The van der Waals surface area contributed by atoms with Gasteiger partial charge in [0, 0.05) is 5.92 Å². The van der Waals surface area contributed by atoms with Crippen molar-refractivity contribution in [2.45, 2.75) is 70.3 Å². The third-order valence-electron chi connectivity index (χ3n) is 5.52. The Hall–Kier alpha value is -0.370. The van der Waals surface area contributed by atoms with E-state index in [1.165, 1.54) is 38.5 Å². The monoisotopic (exact) mass is 251 g/mol. The Labute approximate surface area is 112 Å². The molecular formula is C16H29NO. The van der Waals surface area contributed by atoms with Crippen LogP contribution < -0.4 is 0 Å². The second-order valence-electron chi connectivity index (χ2n) is 6.56. The van der Waals surface area contributed by atoms with Gasteiger partial charge in [-0.3, -0.25) is 9.69 Å². The molecule has 0 heterocycles. The molecule has 0 amide bonds. The number of rotatable bonds is 4. The number of Topliss-reactive ketones (excluding diaryl/α,β-unsaturated/α-hetero) is 1. The standard InChI is InChI=1S/C16H29NO/c1-4-13-9-5-6-10-14(13)15(18)16(17(2)3)11-7-8-12-16/h13-14H,4-12H2,1-3H3. The van der Waals surface area contributed by atoms with Gasteiger partial charge in [-0.25, -0.2) is 0 Å². The lowest BCUT2D eigenvalue weighted by atomic mass is 9.70. The lowest BCUT2D eigenvalue weighted by Crippen LogP contribution is -2.53. The largest absolute Gasteiger partial charge is 0.297 e. The van der Waals surface area contributed by atoms with Crippen molar-refractivity contribution in [3.8, 4) is 0 Å². The second-order valence-corrected chi connectivity index (χ2v) is 6.56. The molecule has 0 aliphatic heterocycles. The molecule has 2 unspecified atom stereocenters. The first-order valence-electron chi connectivity index (χ1n) is 7.83. The molecule has 2 saturated carbocycles. The summed E-state index contributed by atoms with van der Waals surface area (Å²) in [5.74, 6) is 1.59. The molecular weight excluding hydrogens is 222 g/mol. The molecule has 0 N–H and O–H groups in total. The predicted octanol–water partition coefficient (Wildman–Crippen LogP) is 3.65. The van der Waals surface area contributed by atoms with E-state index in [9.17, 15) is 4.79 Å². The van der Waals surface area contributed by atoms with Crippen LogP contribution in [0.1, 0.15) is 64.7 Å². The van der Waals surface area contributed by atoms with E-state index in [2.05, 4.69) is 25.9 Å². The summed E-state index contributed by atoms with van der Waals surface area (Å²) in [6.07, 6.45) is 10.8. The lowest BCUT2D eigenvalue weighted by Gasteiger charge is -2.41. The van der Waals surface area contributed by atoms with Crippen LogP contribution in [-0.4, -0.2) is 30.3 Å². The first-order chi connectivity index (χ1) is 8.62. The van der Waals surface area contributed by atoms with Crippen molar-refractivity contribution >= 4 is 5.78 Å². The minimum atomic E-state index is -0.116. The number of likely N-dealkylation sites (N-methyl/N-ethyl adjacent to an activating group) is 1. The fraction of sp³-hybridized carbons (Fsp3) is 0.938. The summed E-state index contributed by atoms with van der Waals surface area (Å²) in [7, 11) is 4.21. The third kappa shape index (κ3) is 2.36. The van der Waals surface area contributed by atoms with Crippen molar-refractivity contribution < 1.29 is 4.79 Å². The van der Waals surface area contributed by atoms with Gasteiger partial charge in [0.15, 0.2) is 5.78 Å². The zero-order valence-electron chi connectivity index (χ0n) is 12.4. The molecule has 0 aromatic rings. The van der Waals surface area contributed by atoms with Crippen molar-refractivity contribution in [1.82, 2.24) is 4.90 Å². The van der Waals surface area contributed by atoms with Crippen LogP contribution in [0, 0.1) is 11.8 Å². The lowest BCUT2D eigenvalue weighted by molar-refractivity contribution is -0.136.